The van der Waals surface area contributed by atoms with Gasteiger partial charge < -0.3 is 9.64 Å². The molecule has 9 heteroatoms. The van der Waals surface area contributed by atoms with Crippen molar-refractivity contribution >= 4 is 17.5 Å². The standard InChI is InChI=1S/C15H18ClN5O3/c1-3-20-13(18-19-15(20)23)12-6-9(24-2)8-21(12)14(22)10-4-5-17-7-11(10)16/h4-5,7,9,12H,3,6,8H2,1-2H3,(H,19,23)/t9-,12-/m0/s1. The van der Waals surface area contributed by atoms with Gasteiger partial charge in [0.25, 0.3) is 5.91 Å². The Bertz CT molecular complexity index is 802. The lowest BCUT2D eigenvalue weighted by atomic mass is 10.1. The van der Waals surface area contributed by atoms with Crippen LogP contribution in [-0.4, -0.2) is 50.3 Å². The highest BCUT2D eigenvalue weighted by Crippen LogP contribution is 2.34. The van der Waals surface area contributed by atoms with Gasteiger partial charge in [0.05, 0.1) is 22.7 Å². The Morgan fingerprint density at radius 3 is 3.00 bits per heavy atom. The van der Waals surface area contributed by atoms with Crippen LogP contribution < -0.4 is 5.69 Å². The average Bonchev–Trinajstić information content (AvgIpc) is 3.17. The fourth-order valence-electron chi connectivity index (χ4n) is 3.03. The second-order valence-electron chi connectivity index (χ2n) is 5.55. The van der Waals surface area contributed by atoms with Crippen LogP contribution in [0.25, 0.3) is 0 Å². The zero-order chi connectivity index (χ0) is 17.3. The molecule has 1 N–H and O–H groups in total. The molecule has 0 spiro atoms. The van der Waals surface area contributed by atoms with Gasteiger partial charge in [-0.1, -0.05) is 11.6 Å². The van der Waals surface area contributed by atoms with Crippen molar-refractivity contribution in [1.29, 1.82) is 0 Å². The summed E-state index contributed by atoms with van der Waals surface area (Å²) < 4.78 is 6.95. The molecule has 1 aliphatic heterocycles. The number of methoxy groups -OCH3 is 1. The molecule has 8 nitrogen and oxygen atoms in total. The minimum absolute atomic E-state index is 0.128. The number of amides is 1. The van der Waals surface area contributed by atoms with Crippen LogP contribution in [-0.2, 0) is 11.3 Å². The van der Waals surface area contributed by atoms with E-state index in [1.807, 2.05) is 6.92 Å². The van der Waals surface area contributed by atoms with Crippen molar-refractivity contribution in [2.24, 2.45) is 0 Å². The normalized spacial score (nSPS) is 20.5. The largest absolute Gasteiger partial charge is 0.380 e. The molecule has 2 aromatic heterocycles. The quantitative estimate of drug-likeness (QED) is 0.894. The van der Waals surface area contributed by atoms with Crippen LogP contribution in [0.5, 0.6) is 0 Å². The Labute approximate surface area is 143 Å². The van der Waals surface area contributed by atoms with Gasteiger partial charge in [-0.15, -0.1) is 0 Å². The maximum absolute atomic E-state index is 13.0. The molecule has 1 amide bonds. The van der Waals surface area contributed by atoms with E-state index in [-0.39, 0.29) is 28.8 Å². The molecule has 0 aliphatic carbocycles. The van der Waals surface area contributed by atoms with E-state index in [2.05, 4.69) is 15.2 Å². The molecule has 0 saturated carbocycles. The summed E-state index contributed by atoms with van der Waals surface area (Å²) >= 11 is 6.11. The van der Waals surface area contributed by atoms with Crippen molar-refractivity contribution in [2.75, 3.05) is 13.7 Å². The summed E-state index contributed by atoms with van der Waals surface area (Å²) in [5, 5.41) is 6.86. The van der Waals surface area contributed by atoms with Crippen LogP contribution in [0, 0.1) is 0 Å². The molecule has 24 heavy (non-hydrogen) atoms. The highest BCUT2D eigenvalue weighted by molar-refractivity contribution is 6.33. The average molecular weight is 352 g/mol. The van der Waals surface area contributed by atoms with Gasteiger partial charge >= 0.3 is 5.69 Å². The molecule has 2 aromatic rings. The molecule has 1 saturated heterocycles. The van der Waals surface area contributed by atoms with E-state index in [0.29, 0.717) is 30.9 Å². The third kappa shape index (κ3) is 2.83. The highest BCUT2D eigenvalue weighted by Gasteiger charge is 2.40. The number of nitrogens with one attached hydrogen (secondary N) is 1. The first-order valence-electron chi connectivity index (χ1n) is 7.65. The monoisotopic (exact) mass is 351 g/mol. The van der Waals surface area contributed by atoms with Gasteiger partial charge in [-0.05, 0) is 13.0 Å². The molecule has 0 unspecified atom stereocenters. The van der Waals surface area contributed by atoms with Crippen molar-refractivity contribution in [3.05, 3.63) is 45.4 Å². The molecule has 3 rings (SSSR count). The third-order valence-corrected chi connectivity index (χ3v) is 4.56. The first-order chi connectivity index (χ1) is 11.6. The molecule has 0 aromatic carbocycles. The van der Waals surface area contributed by atoms with E-state index in [1.165, 1.54) is 17.0 Å². The zero-order valence-electron chi connectivity index (χ0n) is 13.4. The number of carbonyl (C=O) groups excluding carboxylic acids is 1. The summed E-state index contributed by atoms with van der Waals surface area (Å²) in [5.41, 5.74) is 0.0806. The Hall–Kier alpha value is -2.19. The van der Waals surface area contributed by atoms with E-state index in [1.54, 1.807) is 18.1 Å². The van der Waals surface area contributed by atoms with Gasteiger partial charge in [0.1, 0.15) is 0 Å². The molecule has 2 atom stereocenters. The van der Waals surface area contributed by atoms with Crippen molar-refractivity contribution in [1.82, 2.24) is 24.6 Å². The van der Waals surface area contributed by atoms with Crippen LogP contribution in [0.15, 0.2) is 23.3 Å². The van der Waals surface area contributed by atoms with Crippen LogP contribution in [0.4, 0.5) is 0 Å². The van der Waals surface area contributed by atoms with E-state index in [4.69, 9.17) is 16.3 Å². The number of aromatic amines is 1. The van der Waals surface area contributed by atoms with Crippen LogP contribution in [0.3, 0.4) is 0 Å². The lowest BCUT2D eigenvalue weighted by molar-refractivity contribution is 0.0682. The van der Waals surface area contributed by atoms with E-state index in [9.17, 15) is 9.59 Å². The number of hydrogen-bond acceptors (Lipinski definition) is 5. The summed E-state index contributed by atoms with van der Waals surface area (Å²) in [7, 11) is 1.60. The van der Waals surface area contributed by atoms with Crippen molar-refractivity contribution < 1.29 is 9.53 Å². The number of carbonyl (C=O) groups is 1. The van der Waals surface area contributed by atoms with Crippen molar-refractivity contribution in [3.8, 4) is 0 Å². The third-order valence-electron chi connectivity index (χ3n) is 4.26. The maximum Gasteiger partial charge on any atom is 0.343 e. The number of aromatic nitrogens is 4. The predicted molar refractivity (Wildman–Crippen MR) is 87.0 cm³/mol. The minimum atomic E-state index is -0.356. The Kier molecular flexibility index (Phi) is 4.68. The summed E-state index contributed by atoms with van der Waals surface area (Å²) in [5.74, 6) is 0.297. The summed E-state index contributed by atoms with van der Waals surface area (Å²) in [4.78, 5) is 30.4. The van der Waals surface area contributed by atoms with Crippen LogP contribution >= 0.6 is 11.6 Å². The molecule has 0 bridgehead atoms. The summed E-state index contributed by atoms with van der Waals surface area (Å²) in [6.45, 7) is 2.73. The molecule has 0 radical (unpaired) electrons. The number of hydrogen-bond donors (Lipinski definition) is 1. The maximum atomic E-state index is 13.0. The van der Waals surface area contributed by atoms with Gasteiger partial charge in [0.2, 0.25) is 0 Å². The minimum Gasteiger partial charge on any atom is -0.380 e. The SMILES string of the molecule is CCn1c([C@@H]2C[C@H](OC)CN2C(=O)c2ccncc2Cl)n[nH]c1=O. The van der Waals surface area contributed by atoms with E-state index in [0.717, 1.165) is 0 Å². The lowest BCUT2D eigenvalue weighted by Gasteiger charge is -2.24. The topological polar surface area (TPSA) is 93.1 Å². The number of pyridine rings is 1. The van der Waals surface area contributed by atoms with Crippen LogP contribution in [0.1, 0.15) is 35.6 Å². The second-order valence-corrected chi connectivity index (χ2v) is 5.96. The molecule has 128 valence electrons. The van der Waals surface area contributed by atoms with Crippen molar-refractivity contribution in [3.63, 3.8) is 0 Å². The molecular weight excluding hydrogens is 334 g/mol. The second kappa shape index (κ2) is 6.74. The van der Waals surface area contributed by atoms with E-state index < -0.39 is 0 Å². The lowest BCUT2D eigenvalue weighted by Crippen LogP contribution is -2.34. The Morgan fingerprint density at radius 2 is 2.33 bits per heavy atom. The fourth-order valence-corrected chi connectivity index (χ4v) is 3.23. The number of nitrogens with zero attached hydrogens (tertiary/aromatic N) is 4. The van der Waals surface area contributed by atoms with Crippen LogP contribution in [0.2, 0.25) is 5.02 Å². The van der Waals surface area contributed by atoms with Gasteiger partial charge in [-0.2, -0.15) is 5.10 Å². The smallest absolute Gasteiger partial charge is 0.343 e. The van der Waals surface area contributed by atoms with Gasteiger partial charge in [-0.3, -0.25) is 14.3 Å². The summed E-state index contributed by atoms with van der Waals surface area (Å²) in [6, 6.07) is 1.23. The molecule has 1 aliphatic rings. The number of H-pyrrole nitrogens is 1. The van der Waals surface area contributed by atoms with Crippen molar-refractivity contribution in [2.45, 2.75) is 32.0 Å². The first-order valence-corrected chi connectivity index (χ1v) is 8.03. The predicted octanol–water partition coefficient (Wildman–Crippen LogP) is 1.24. The van der Waals surface area contributed by atoms with Gasteiger partial charge in [0, 0.05) is 39.0 Å². The first kappa shape index (κ1) is 16.7. The number of likely N-dealkylation sites (tertiary alicyclic amines) is 1. The Morgan fingerprint density at radius 1 is 1.54 bits per heavy atom. The molecular formula is C15H18ClN5O3. The van der Waals surface area contributed by atoms with Gasteiger partial charge in [0.15, 0.2) is 5.82 Å². The highest BCUT2D eigenvalue weighted by atomic mass is 35.5. The number of ether oxygens (including phenoxy) is 1. The molecule has 1 fully saturated rings. The fraction of sp³-hybridized carbons (Fsp3) is 0.467. The summed E-state index contributed by atoms with van der Waals surface area (Å²) in [6.07, 6.45) is 3.39. The van der Waals surface area contributed by atoms with Gasteiger partial charge in [-0.25, -0.2) is 9.89 Å². The molecule has 3 heterocycles. The van der Waals surface area contributed by atoms with E-state index >= 15 is 0 Å². The Balaban J connectivity index is 1.99. The number of rotatable bonds is 4. The zero-order valence-corrected chi connectivity index (χ0v) is 14.2. The number of halogens is 1.